The number of para-hydroxylation sites is 4. The van der Waals surface area contributed by atoms with Gasteiger partial charge in [0.1, 0.15) is 0 Å². The van der Waals surface area contributed by atoms with Crippen LogP contribution in [0.2, 0.25) is 0 Å². The van der Waals surface area contributed by atoms with E-state index in [0.29, 0.717) is 46.1 Å². The SMILES string of the molecule is N#Cc1ccc(-n2c3ccccc3c3ccc4c(c5ccccc5n4-c4cccc5c4sc4ccccc45)c32)c(-c2nc(-c3ccccc3)nc(-c3ccc(-c4ccccc4)cc3)n2)c1.N#Cc1ccc(-n2c3ccccc3c3ccc4c(c5ccccc5n4-c4cccc5c4sc4ccccc45)c32)c(-c2nc(-c3ccccc3)nc(-c3ccccc3)n2)c1. The normalized spacial score (nSPS) is 11.7. The molecule has 0 atom stereocenters. The number of nitrogens with zero attached hydrogens (tertiary/aromatic N) is 12. The van der Waals surface area contributed by atoms with Crippen molar-refractivity contribution in [1.29, 1.82) is 10.5 Å². The second kappa shape index (κ2) is 29.1. The number of fused-ring (bicyclic) bond motifs is 20. The third-order valence-corrected chi connectivity index (χ3v) is 26.4. The standard InChI is InChI=1S/C58H34N6S.C52H30N6S/c59-35-36-26-32-49(46(34-36)58-61-56(39-16-5-2-6-17-39)60-57(62-58)40-29-27-38(28-30-40)37-14-3-1-4-15-37)64-47-22-10-7-18-41(47)43-31-33-50-53(54(43)64)45-20-8-11-23-48(45)63(50)51-24-13-21-44-42-19-9-12-25-52(42)65-55(44)51;53-31-32-26-28-43(40(30-32)52-55-50(33-14-3-1-4-15-33)54-51(56-52)34-16-5-2-6-17-34)58-41-22-10-7-18-35(41)37-27-29-44-47(48(37)58)39-20-8-11-23-42(39)57(44)45-24-13-21-38-36-19-9-12-25-46(36)59-49(38)45/h1-34H;1-30H. The molecule has 124 heavy (non-hydrogen) atoms. The molecule has 0 saturated carbocycles. The first-order valence-electron chi connectivity index (χ1n) is 41.1. The van der Waals surface area contributed by atoms with E-state index in [-0.39, 0.29) is 0 Å². The number of hydrogen-bond donors (Lipinski definition) is 0. The fraction of sp³-hybridized carbons (Fsp3) is 0. The molecule has 0 fully saturated rings. The van der Waals surface area contributed by atoms with Crippen molar-refractivity contribution in [1.82, 2.24) is 48.2 Å². The predicted octanol–water partition coefficient (Wildman–Crippen LogP) is 28.3. The van der Waals surface area contributed by atoms with Crippen molar-refractivity contribution < 1.29 is 0 Å². The summed E-state index contributed by atoms with van der Waals surface area (Å²) in [4.78, 5) is 30.9. The van der Waals surface area contributed by atoms with Gasteiger partial charge in [-0.1, -0.05) is 291 Å². The molecule has 8 aromatic heterocycles. The fourth-order valence-electron chi connectivity index (χ4n) is 18.5. The lowest BCUT2D eigenvalue weighted by molar-refractivity contribution is 1.06. The largest absolute Gasteiger partial charge is 0.308 e. The predicted molar refractivity (Wildman–Crippen MR) is 510 cm³/mol. The molecule has 25 rings (SSSR count). The molecule has 8 heterocycles. The van der Waals surface area contributed by atoms with Gasteiger partial charge in [-0.2, -0.15) is 10.5 Å². The minimum atomic E-state index is 0.477. The van der Waals surface area contributed by atoms with Gasteiger partial charge < -0.3 is 18.3 Å². The average Bonchev–Trinajstić information content (AvgIpc) is 1.54. The zero-order valence-electron chi connectivity index (χ0n) is 66.1. The van der Waals surface area contributed by atoms with Gasteiger partial charge in [0.25, 0.3) is 0 Å². The number of thiophene rings is 2. The monoisotopic (exact) mass is 1620 g/mol. The number of rotatable bonds is 11. The molecule has 0 aliphatic carbocycles. The van der Waals surface area contributed by atoms with E-state index in [4.69, 9.17) is 29.9 Å². The van der Waals surface area contributed by atoms with Crippen LogP contribution in [0.15, 0.2) is 388 Å². The molecule has 0 radical (unpaired) electrons. The van der Waals surface area contributed by atoms with E-state index >= 15 is 0 Å². The maximum Gasteiger partial charge on any atom is 0.166 e. The molecule has 576 valence electrons. The first kappa shape index (κ1) is 71.5. The van der Waals surface area contributed by atoms with Crippen molar-refractivity contribution in [3.63, 3.8) is 0 Å². The first-order chi connectivity index (χ1) is 61.4. The Hall–Kier alpha value is -16.6. The number of benzene rings is 17. The van der Waals surface area contributed by atoms with Gasteiger partial charge in [-0.25, -0.2) is 29.9 Å². The van der Waals surface area contributed by atoms with Crippen LogP contribution in [0.1, 0.15) is 11.1 Å². The van der Waals surface area contributed by atoms with Crippen LogP contribution in [0.3, 0.4) is 0 Å². The van der Waals surface area contributed by atoms with E-state index in [1.54, 1.807) is 0 Å². The third kappa shape index (κ3) is 11.5. The Labute approximate surface area is 717 Å². The van der Waals surface area contributed by atoms with E-state index in [1.807, 2.05) is 162 Å². The molecule has 0 N–H and O–H groups in total. The van der Waals surface area contributed by atoms with Gasteiger partial charge in [0, 0.05) is 107 Å². The lowest BCUT2D eigenvalue weighted by Gasteiger charge is -2.16. The highest BCUT2D eigenvalue weighted by molar-refractivity contribution is 7.26. The molecule has 17 aromatic carbocycles. The molecular formula is C110H64N12S2. The molecule has 25 aromatic rings. The summed E-state index contributed by atoms with van der Waals surface area (Å²) in [6.07, 6.45) is 0. The van der Waals surface area contributed by atoms with Crippen LogP contribution in [0, 0.1) is 22.7 Å². The van der Waals surface area contributed by atoms with Crippen LogP contribution in [0.25, 0.3) is 230 Å². The van der Waals surface area contributed by atoms with Crippen molar-refractivity contribution in [3.8, 4) is 114 Å². The van der Waals surface area contributed by atoms with Gasteiger partial charge >= 0.3 is 0 Å². The zero-order valence-corrected chi connectivity index (χ0v) is 67.8. The van der Waals surface area contributed by atoms with Crippen LogP contribution < -0.4 is 0 Å². The Balaban J connectivity index is 0.000000140. The molecule has 0 saturated heterocycles. The van der Waals surface area contributed by atoms with Gasteiger partial charge in [0.2, 0.25) is 0 Å². The van der Waals surface area contributed by atoms with Crippen LogP contribution in [-0.2, 0) is 0 Å². The summed E-state index contributed by atoms with van der Waals surface area (Å²) in [5.41, 5.74) is 21.0. The smallest absolute Gasteiger partial charge is 0.166 e. The molecule has 0 aliphatic rings. The molecule has 14 heteroatoms. The van der Waals surface area contributed by atoms with E-state index in [2.05, 4.69) is 279 Å². The Morgan fingerprint density at radius 1 is 0.210 bits per heavy atom. The highest BCUT2D eigenvalue weighted by Crippen LogP contribution is 2.50. The van der Waals surface area contributed by atoms with E-state index in [9.17, 15) is 10.5 Å². The fourth-order valence-corrected chi connectivity index (χ4v) is 20.9. The van der Waals surface area contributed by atoms with Crippen molar-refractivity contribution in [2.75, 3.05) is 0 Å². The van der Waals surface area contributed by atoms with Crippen molar-refractivity contribution in [3.05, 3.63) is 399 Å². The number of aromatic nitrogens is 10. The maximum atomic E-state index is 10.4. The second-order valence-electron chi connectivity index (χ2n) is 31.0. The van der Waals surface area contributed by atoms with E-state index < -0.39 is 0 Å². The topological polar surface area (TPSA) is 145 Å². The minimum absolute atomic E-state index is 0.477. The van der Waals surface area contributed by atoms with E-state index in [0.717, 1.165) is 154 Å². The summed E-state index contributed by atoms with van der Waals surface area (Å²) in [5.74, 6) is 3.18. The summed E-state index contributed by atoms with van der Waals surface area (Å²) in [6.45, 7) is 0. The summed E-state index contributed by atoms with van der Waals surface area (Å²) in [7, 11) is 0. The highest BCUT2D eigenvalue weighted by Gasteiger charge is 2.29. The lowest BCUT2D eigenvalue weighted by Crippen LogP contribution is -2.04. The van der Waals surface area contributed by atoms with Crippen LogP contribution in [-0.4, -0.2) is 48.2 Å². The Morgan fingerprint density at radius 3 is 0.911 bits per heavy atom. The molecular weight excluding hydrogens is 1550 g/mol. The van der Waals surface area contributed by atoms with Gasteiger partial charge in [-0.15, -0.1) is 22.7 Å². The Bertz CT molecular complexity index is 8710. The van der Waals surface area contributed by atoms with E-state index in [1.165, 1.54) is 40.3 Å². The Morgan fingerprint density at radius 2 is 0.516 bits per heavy atom. The average molecular weight is 1620 g/mol. The van der Waals surface area contributed by atoms with Crippen LogP contribution in [0.4, 0.5) is 0 Å². The maximum absolute atomic E-state index is 10.4. The van der Waals surface area contributed by atoms with Crippen molar-refractivity contribution in [2.24, 2.45) is 0 Å². The summed E-state index contributed by atoms with van der Waals surface area (Å²) >= 11 is 3.68. The van der Waals surface area contributed by atoms with Gasteiger partial charge in [-0.05, 0) is 108 Å². The summed E-state index contributed by atoms with van der Waals surface area (Å²) in [6, 6.07) is 140. The van der Waals surface area contributed by atoms with Crippen molar-refractivity contribution in [2.45, 2.75) is 0 Å². The Kier molecular flexibility index (Phi) is 16.8. The molecule has 0 unspecified atom stereocenters. The summed E-state index contributed by atoms with van der Waals surface area (Å²) < 4.78 is 14.6. The lowest BCUT2D eigenvalue weighted by atomic mass is 10.0. The molecule has 0 amide bonds. The summed E-state index contributed by atoms with van der Waals surface area (Å²) in [5, 5.41) is 34.9. The zero-order chi connectivity index (χ0) is 82.0. The number of hydrogen-bond acceptors (Lipinski definition) is 10. The third-order valence-electron chi connectivity index (χ3n) is 24.0. The first-order valence-corrected chi connectivity index (χ1v) is 42.7. The van der Waals surface area contributed by atoms with Gasteiger partial charge in [0.15, 0.2) is 34.9 Å². The van der Waals surface area contributed by atoms with Crippen LogP contribution >= 0.6 is 22.7 Å². The molecule has 12 nitrogen and oxygen atoms in total. The minimum Gasteiger partial charge on any atom is -0.308 e. The second-order valence-corrected chi connectivity index (χ2v) is 33.1. The van der Waals surface area contributed by atoms with Gasteiger partial charge in [-0.3, -0.25) is 0 Å². The van der Waals surface area contributed by atoms with Crippen molar-refractivity contribution >= 4 is 150 Å². The van der Waals surface area contributed by atoms with Crippen LogP contribution in [0.5, 0.6) is 0 Å². The quantitative estimate of drug-likeness (QED) is 0.124. The van der Waals surface area contributed by atoms with Gasteiger partial charge in [0.05, 0.1) is 99.5 Å². The number of nitriles is 2. The molecule has 0 aliphatic heterocycles. The highest BCUT2D eigenvalue weighted by atomic mass is 32.1. The molecule has 0 spiro atoms. The molecule has 0 bridgehead atoms.